The minimum absolute atomic E-state index is 0.214. The van der Waals surface area contributed by atoms with Gasteiger partial charge >= 0.3 is 5.97 Å². The van der Waals surface area contributed by atoms with E-state index in [1.54, 1.807) is 0 Å². The molecule has 3 nitrogen and oxygen atoms in total. The van der Waals surface area contributed by atoms with Gasteiger partial charge in [0.25, 0.3) is 0 Å². The normalized spacial score (nSPS) is 11.9. The zero-order valence-corrected chi connectivity index (χ0v) is 10.1. The predicted octanol–water partition coefficient (Wildman–Crippen LogP) is 2.61. The molecule has 0 bridgehead atoms. The summed E-state index contributed by atoms with van der Waals surface area (Å²) < 4.78 is 4.95. The third kappa shape index (κ3) is 3.26. The van der Waals surface area contributed by atoms with Gasteiger partial charge in [-0.3, -0.25) is 0 Å². The highest BCUT2D eigenvalue weighted by atomic mass is 16.5. The van der Waals surface area contributed by atoms with E-state index in [9.17, 15) is 4.79 Å². The molecule has 16 heavy (non-hydrogen) atoms. The summed E-state index contributed by atoms with van der Waals surface area (Å²) in [6, 6.07) is 7.68. The van der Waals surface area contributed by atoms with Gasteiger partial charge in [-0.05, 0) is 31.9 Å². The van der Waals surface area contributed by atoms with E-state index in [0.717, 1.165) is 12.1 Å². The van der Waals surface area contributed by atoms with E-state index in [4.69, 9.17) is 4.74 Å². The Hall–Kier alpha value is -1.51. The van der Waals surface area contributed by atoms with E-state index in [2.05, 4.69) is 18.3 Å². The molecule has 1 aromatic rings. The van der Waals surface area contributed by atoms with Gasteiger partial charge < -0.3 is 10.1 Å². The van der Waals surface area contributed by atoms with Gasteiger partial charge in [0.15, 0.2) is 0 Å². The van der Waals surface area contributed by atoms with Crippen molar-refractivity contribution in [2.24, 2.45) is 0 Å². The molecule has 1 rings (SSSR count). The number of carbonyl (C=O) groups is 1. The van der Waals surface area contributed by atoms with Crippen LogP contribution in [0.25, 0.3) is 0 Å². The number of anilines is 1. The van der Waals surface area contributed by atoms with Crippen molar-refractivity contribution in [1.29, 1.82) is 0 Å². The lowest BCUT2D eigenvalue weighted by Gasteiger charge is -2.16. The molecule has 0 saturated heterocycles. The largest absolute Gasteiger partial charge is 0.464 e. The first-order valence-corrected chi connectivity index (χ1v) is 5.70. The van der Waals surface area contributed by atoms with Crippen molar-refractivity contribution in [3.8, 4) is 0 Å². The van der Waals surface area contributed by atoms with Gasteiger partial charge in [-0.1, -0.05) is 25.1 Å². The Labute approximate surface area is 96.8 Å². The number of hydrogen-bond acceptors (Lipinski definition) is 3. The molecule has 1 aromatic carbocycles. The molecule has 0 heterocycles. The van der Waals surface area contributed by atoms with Gasteiger partial charge in [0.1, 0.15) is 6.04 Å². The Bertz CT molecular complexity index is 350. The molecule has 0 saturated carbocycles. The van der Waals surface area contributed by atoms with Gasteiger partial charge in [-0.25, -0.2) is 4.79 Å². The minimum atomic E-state index is -0.312. The molecule has 0 aromatic heterocycles. The summed E-state index contributed by atoms with van der Waals surface area (Å²) in [6.07, 6.45) is 0.943. The Morgan fingerprint density at radius 1 is 1.38 bits per heavy atom. The molecule has 0 aliphatic rings. The van der Waals surface area contributed by atoms with Crippen LogP contribution in [0.1, 0.15) is 26.3 Å². The molecule has 1 N–H and O–H groups in total. The first-order chi connectivity index (χ1) is 7.69. The van der Waals surface area contributed by atoms with Crippen molar-refractivity contribution < 1.29 is 9.53 Å². The number of esters is 1. The van der Waals surface area contributed by atoms with Gasteiger partial charge in [0.2, 0.25) is 0 Å². The molecule has 0 spiro atoms. The van der Waals surface area contributed by atoms with Crippen LogP contribution in [0, 0.1) is 0 Å². The number of nitrogens with one attached hydrogen (secondary N) is 1. The second-order valence-corrected chi connectivity index (χ2v) is 3.63. The maximum Gasteiger partial charge on any atom is 0.328 e. The van der Waals surface area contributed by atoms with Crippen LogP contribution < -0.4 is 5.32 Å². The van der Waals surface area contributed by atoms with Crippen molar-refractivity contribution in [2.75, 3.05) is 11.9 Å². The van der Waals surface area contributed by atoms with Crippen LogP contribution in [-0.4, -0.2) is 18.6 Å². The number of benzene rings is 1. The standard InChI is InChI=1S/C13H19NO2/c1-4-11-8-6-7-9-12(11)14-10(3)13(15)16-5-2/h6-10,14H,4-5H2,1-3H3/t10-/m0/s1. The zero-order valence-electron chi connectivity index (χ0n) is 10.1. The first kappa shape index (κ1) is 12.6. The highest BCUT2D eigenvalue weighted by molar-refractivity contribution is 5.79. The van der Waals surface area contributed by atoms with Crippen LogP contribution in [0.15, 0.2) is 24.3 Å². The molecule has 0 fully saturated rings. The Kier molecular flexibility index (Phi) is 4.83. The molecular formula is C13H19NO2. The molecule has 88 valence electrons. The summed E-state index contributed by atoms with van der Waals surface area (Å²) >= 11 is 0. The average Bonchev–Trinajstić information content (AvgIpc) is 2.30. The molecule has 0 aliphatic carbocycles. The topological polar surface area (TPSA) is 38.3 Å². The van der Waals surface area contributed by atoms with Crippen molar-refractivity contribution in [3.63, 3.8) is 0 Å². The molecule has 0 amide bonds. The molecular weight excluding hydrogens is 202 g/mol. The summed E-state index contributed by atoms with van der Waals surface area (Å²) in [5.41, 5.74) is 2.21. The van der Waals surface area contributed by atoms with E-state index >= 15 is 0 Å². The molecule has 0 radical (unpaired) electrons. The molecule has 0 aliphatic heterocycles. The maximum atomic E-state index is 11.5. The quantitative estimate of drug-likeness (QED) is 0.777. The molecule has 0 unspecified atom stereocenters. The van der Waals surface area contributed by atoms with Crippen molar-refractivity contribution in [2.45, 2.75) is 33.2 Å². The fraction of sp³-hybridized carbons (Fsp3) is 0.462. The van der Waals surface area contributed by atoms with Gasteiger partial charge in [0, 0.05) is 5.69 Å². The van der Waals surface area contributed by atoms with Crippen molar-refractivity contribution in [3.05, 3.63) is 29.8 Å². The minimum Gasteiger partial charge on any atom is -0.464 e. The van der Waals surface area contributed by atoms with E-state index in [1.807, 2.05) is 32.0 Å². The van der Waals surface area contributed by atoms with E-state index in [0.29, 0.717) is 6.61 Å². The lowest BCUT2D eigenvalue weighted by Crippen LogP contribution is -2.28. The monoisotopic (exact) mass is 221 g/mol. The average molecular weight is 221 g/mol. The lowest BCUT2D eigenvalue weighted by atomic mass is 10.1. The summed E-state index contributed by atoms with van der Waals surface area (Å²) in [6.45, 7) is 6.13. The fourth-order valence-electron chi connectivity index (χ4n) is 1.53. The first-order valence-electron chi connectivity index (χ1n) is 5.70. The smallest absolute Gasteiger partial charge is 0.328 e. The molecule has 3 heteroatoms. The van der Waals surface area contributed by atoms with Crippen LogP contribution in [-0.2, 0) is 16.0 Å². The van der Waals surface area contributed by atoms with Crippen LogP contribution in [0.2, 0.25) is 0 Å². The number of rotatable bonds is 5. The Morgan fingerprint density at radius 2 is 2.06 bits per heavy atom. The second kappa shape index (κ2) is 6.16. The highest BCUT2D eigenvalue weighted by Gasteiger charge is 2.14. The maximum absolute atomic E-state index is 11.5. The SMILES string of the molecule is CCOC(=O)[C@H](C)Nc1ccccc1CC. The summed E-state index contributed by atoms with van der Waals surface area (Å²) in [5.74, 6) is -0.214. The van der Waals surface area contributed by atoms with Crippen molar-refractivity contribution >= 4 is 11.7 Å². The second-order valence-electron chi connectivity index (χ2n) is 3.63. The third-order valence-electron chi connectivity index (χ3n) is 2.41. The highest BCUT2D eigenvalue weighted by Crippen LogP contribution is 2.16. The summed E-state index contributed by atoms with van der Waals surface area (Å²) in [7, 11) is 0. The number of para-hydroxylation sites is 1. The van der Waals surface area contributed by atoms with E-state index in [-0.39, 0.29) is 12.0 Å². The summed E-state index contributed by atoms with van der Waals surface area (Å²) in [5, 5.41) is 3.17. The Balaban J connectivity index is 2.68. The lowest BCUT2D eigenvalue weighted by molar-refractivity contribution is -0.143. The number of hydrogen-bond donors (Lipinski definition) is 1. The third-order valence-corrected chi connectivity index (χ3v) is 2.41. The van der Waals surface area contributed by atoms with Crippen LogP contribution in [0.5, 0.6) is 0 Å². The molecule has 1 atom stereocenters. The zero-order chi connectivity index (χ0) is 12.0. The van der Waals surface area contributed by atoms with Crippen LogP contribution in [0.4, 0.5) is 5.69 Å². The number of aryl methyl sites for hydroxylation is 1. The van der Waals surface area contributed by atoms with Gasteiger partial charge in [-0.2, -0.15) is 0 Å². The van der Waals surface area contributed by atoms with E-state index < -0.39 is 0 Å². The van der Waals surface area contributed by atoms with Gasteiger partial charge in [-0.15, -0.1) is 0 Å². The van der Waals surface area contributed by atoms with Gasteiger partial charge in [0.05, 0.1) is 6.61 Å². The predicted molar refractivity (Wildman–Crippen MR) is 65.5 cm³/mol. The number of carbonyl (C=O) groups excluding carboxylic acids is 1. The Morgan fingerprint density at radius 3 is 2.69 bits per heavy atom. The number of ether oxygens (including phenoxy) is 1. The summed E-state index contributed by atoms with van der Waals surface area (Å²) in [4.78, 5) is 11.5. The van der Waals surface area contributed by atoms with Crippen LogP contribution in [0.3, 0.4) is 0 Å². The van der Waals surface area contributed by atoms with E-state index in [1.165, 1.54) is 5.56 Å². The van der Waals surface area contributed by atoms with Crippen LogP contribution >= 0.6 is 0 Å². The fourth-order valence-corrected chi connectivity index (χ4v) is 1.53. The van der Waals surface area contributed by atoms with Crippen molar-refractivity contribution in [1.82, 2.24) is 0 Å².